The molecule has 0 saturated carbocycles. The zero-order valence-corrected chi connectivity index (χ0v) is 15.8. The van der Waals surface area contributed by atoms with Crippen molar-refractivity contribution in [2.24, 2.45) is 5.92 Å². The van der Waals surface area contributed by atoms with Crippen molar-refractivity contribution in [1.29, 1.82) is 0 Å². The van der Waals surface area contributed by atoms with E-state index in [1.165, 1.54) is 12.1 Å². The summed E-state index contributed by atoms with van der Waals surface area (Å²) in [5.74, 6) is -0.341. The molecule has 2 aromatic rings. The second-order valence-electron chi connectivity index (χ2n) is 6.50. The van der Waals surface area contributed by atoms with E-state index in [4.69, 9.17) is 4.74 Å². The first kappa shape index (κ1) is 20.4. The standard InChI is InChI=1S/C21H25FN2O3/c1-4-27-18-11-7-16(8-12-18)20(25)24-19(14(2)3)21(26)23-13-15-5-9-17(22)10-6-15/h5-12,14,19H,4,13H2,1-3H3,(H,23,26)(H,24,25). The van der Waals surface area contributed by atoms with Crippen LogP contribution in [-0.4, -0.2) is 24.5 Å². The van der Waals surface area contributed by atoms with Gasteiger partial charge in [-0.3, -0.25) is 9.59 Å². The molecule has 0 bridgehead atoms. The van der Waals surface area contributed by atoms with Crippen molar-refractivity contribution in [2.75, 3.05) is 6.61 Å². The lowest BCUT2D eigenvalue weighted by molar-refractivity contribution is -0.124. The molecule has 27 heavy (non-hydrogen) atoms. The van der Waals surface area contributed by atoms with Gasteiger partial charge >= 0.3 is 0 Å². The number of benzene rings is 2. The molecule has 2 aromatic carbocycles. The number of carbonyl (C=O) groups excluding carboxylic acids is 2. The second-order valence-corrected chi connectivity index (χ2v) is 6.50. The molecule has 0 aliphatic carbocycles. The first-order valence-corrected chi connectivity index (χ1v) is 8.96. The molecule has 1 atom stereocenters. The maximum absolute atomic E-state index is 12.9. The minimum absolute atomic E-state index is 0.0927. The number of amides is 2. The average molecular weight is 372 g/mol. The van der Waals surface area contributed by atoms with Gasteiger partial charge in [0.05, 0.1) is 6.61 Å². The minimum atomic E-state index is -0.676. The van der Waals surface area contributed by atoms with Crippen molar-refractivity contribution < 1.29 is 18.7 Å². The quantitative estimate of drug-likeness (QED) is 0.747. The summed E-state index contributed by atoms with van der Waals surface area (Å²) in [5, 5.41) is 5.56. The van der Waals surface area contributed by atoms with Gasteiger partial charge in [0.2, 0.25) is 5.91 Å². The SMILES string of the molecule is CCOc1ccc(C(=O)NC(C(=O)NCc2ccc(F)cc2)C(C)C)cc1. The van der Waals surface area contributed by atoms with Crippen LogP contribution in [0.5, 0.6) is 5.75 Å². The molecule has 0 aromatic heterocycles. The summed E-state index contributed by atoms with van der Waals surface area (Å²) in [7, 11) is 0. The molecule has 0 radical (unpaired) electrons. The predicted octanol–water partition coefficient (Wildman–Crippen LogP) is 3.30. The maximum atomic E-state index is 12.9. The molecule has 2 rings (SSSR count). The molecule has 0 saturated heterocycles. The zero-order valence-electron chi connectivity index (χ0n) is 15.8. The fraction of sp³-hybridized carbons (Fsp3) is 0.333. The minimum Gasteiger partial charge on any atom is -0.494 e. The second kappa shape index (κ2) is 9.71. The monoisotopic (exact) mass is 372 g/mol. The van der Waals surface area contributed by atoms with E-state index in [9.17, 15) is 14.0 Å². The van der Waals surface area contributed by atoms with Crippen LogP contribution in [0.25, 0.3) is 0 Å². The highest BCUT2D eigenvalue weighted by molar-refractivity contribution is 5.97. The lowest BCUT2D eigenvalue weighted by Gasteiger charge is -2.22. The number of ether oxygens (including phenoxy) is 1. The van der Waals surface area contributed by atoms with E-state index in [0.717, 1.165) is 5.56 Å². The third-order valence-corrected chi connectivity index (χ3v) is 4.04. The molecule has 2 amide bonds. The van der Waals surface area contributed by atoms with Crippen LogP contribution in [0.15, 0.2) is 48.5 Å². The van der Waals surface area contributed by atoms with Crippen molar-refractivity contribution in [3.63, 3.8) is 0 Å². The Labute approximate surface area is 158 Å². The van der Waals surface area contributed by atoms with E-state index in [1.807, 2.05) is 20.8 Å². The summed E-state index contributed by atoms with van der Waals surface area (Å²) < 4.78 is 18.3. The highest BCUT2D eigenvalue weighted by Crippen LogP contribution is 2.13. The molecule has 5 nitrogen and oxygen atoms in total. The van der Waals surface area contributed by atoms with Gasteiger partial charge in [0.1, 0.15) is 17.6 Å². The third-order valence-electron chi connectivity index (χ3n) is 4.04. The van der Waals surface area contributed by atoms with Crippen LogP contribution in [0.4, 0.5) is 4.39 Å². The van der Waals surface area contributed by atoms with E-state index in [1.54, 1.807) is 36.4 Å². The van der Waals surface area contributed by atoms with Crippen LogP contribution < -0.4 is 15.4 Å². The molecule has 0 aliphatic heterocycles. The van der Waals surface area contributed by atoms with Gasteiger partial charge in [-0.15, -0.1) is 0 Å². The molecular formula is C21H25FN2O3. The van der Waals surface area contributed by atoms with Crippen molar-refractivity contribution in [3.05, 3.63) is 65.5 Å². The normalized spacial score (nSPS) is 11.7. The molecule has 0 fully saturated rings. The molecule has 144 valence electrons. The Morgan fingerprint density at radius 1 is 1.04 bits per heavy atom. The fourth-order valence-corrected chi connectivity index (χ4v) is 2.53. The van der Waals surface area contributed by atoms with Gasteiger partial charge in [-0.1, -0.05) is 26.0 Å². The Kier molecular flexibility index (Phi) is 7.34. The van der Waals surface area contributed by atoms with Crippen LogP contribution in [0.2, 0.25) is 0 Å². The van der Waals surface area contributed by atoms with Crippen molar-refractivity contribution in [2.45, 2.75) is 33.4 Å². The molecule has 6 heteroatoms. The Balaban J connectivity index is 1.97. The summed E-state index contributed by atoms with van der Waals surface area (Å²) in [6, 6.07) is 12.0. The van der Waals surface area contributed by atoms with Crippen LogP contribution in [0.3, 0.4) is 0 Å². The van der Waals surface area contributed by atoms with E-state index in [2.05, 4.69) is 10.6 Å². The lowest BCUT2D eigenvalue weighted by atomic mass is 10.0. The highest BCUT2D eigenvalue weighted by Gasteiger charge is 2.24. The van der Waals surface area contributed by atoms with Crippen molar-refractivity contribution >= 4 is 11.8 Å². The fourth-order valence-electron chi connectivity index (χ4n) is 2.53. The summed E-state index contributed by atoms with van der Waals surface area (Å²) >= 11 is 0. The van der Waals surface area contributed by atoms with Gasteiger partial charge < -0.3 is 15.4 Å². The Hall–Kier alpha value is -2.89. The smallest absolute Gasteiger partial charge is 0.251 e. The average Bonchev–Trinajstić information content (AvgIpc) is 2.66. The van der Waals surface area contributed by atoms with Crippen LogP contribution in [-0.2, 0) is 11.3 Å². The first-order valence-electron chi connectivity index (χ1n) is 8.96. The molecule has 0 heterocycles. The van der Waals surface area contributed by atoms with E-state index in [0.29, 0.717) is 17.9 Å². The third kappa shape index (κ3) is 6.09. The van der Waals surface area contributed by atoms with Gasteiger partial charge in [-0.25, -0.2) is 4.39 Å². The van der Waals surface area contributed by atoms with Gasteiger partial charge in [0.25, 0.3) is 5.91 Å². The number of carbonyl (C=O) groups is 2. The lowest BCUT2D eigenvalue weighted by Crippen LogP contribution is -2.49. The number of rotatable bonds is 8. The van der Waals surface area contributed by atoms with Gasteiger partial charge in [-0.2, -0.15) is 0 Å². The Bertz CT molecular complexity index is 758. The molecule has 0 spiro atoms. The van der Waals surface area contributed by atoms with Crippen molar-refractivity contribution in [3.8, 4) is 5.75 Å². The predicted molar refractivity (Wildman–Crippen MR) is 102 cm³/mol. The summed E-state index contributed by atoms with van der Waals surface area (Å²) in [4.78, 5) is 25.0. The van der Waals surface area contributed by atoms with E-state index < -0.39 is 6.04 Å². The Morgan fingerprint density at radius 2 is 1.67 bits per heavy atom. The molecule has 2 N–H and O–H groups in total. The number of nitrogens with one attached hydrogen (secondary N) is 2. The summed E-state index contributed by atoms with van der Waals surface area (Å²) in [6.45, 7) is 6.43. The number of hydrogen-bond acceptors (Lipinski definition) is 3. The van der Waals surface area contributed by atoms with Crippen LogP contribution in [0, 0.1) is 11.7 Å². The number of hydrogen-bond donors (Lipinski definition) is 2. The van der Waals surface area contributed by atoms with E-state index in [-0.39, 0.29) is 30.1 Å². The highest BCUT2D eigenvalue weighted by atomic mass is 19.1. The number of halogens is 1. The molecule has 0 aliphatic rings. The maximum Gasteiger partial charge on any atom is 0.251 e. The topological polar surface area (TPSA) is 67.4 Å². The van der Waals surface area contributed by atoms with Gasteiger partial charge in [-0.05, 0) is 54.8 Å². The summed E-state index contributed by atoms with van der Waals surface area (Å²) in [5.41, 5.74) is 1.24. The largest absolute Gasteiger partial charge is 0.494 e. The van der Waals surface area contributed by atoms with E-state index >= 15 is 0 Å². The van der Waals surface area contributed by atoms with Gasteiger partial charge in [0.15, 0.2) is 0 Å². The first-order chi connectivity index (χ1) is 12.9. The molecule has 1 unspecified atom stereocenters. The summed E-state index contributed by atoms with van der Waals surface area (Å²) in [6.07, 6.45) is 0. The zero-order chi connectivity index (χ0) is 19.8. The van der Waals surface area contributed by atoms with Gasteiger partial charge in [0, 0.05) is 12.1 Å². The van der Waals surface area contributed by atoms with Crippen LogP contribution >= 0.6 is 0 Å². The Morgan fingerprint density at radius 3 is 2.22 bits per heavy atom. The molecular weight excluding hydrogens is 347 g/mol. The van der Waals surface area contributed by atoms with Crippen molar-refractivity contribution in [1.82, 2.24) is 10.6 Å². The van der Waals surface area contributed by atoms with Crippen LogP contribution in [0.1, 0.15) is 36.7 Å².